The zero-order valence-corrected chi connectivity index (χ0v) is 25.8. The molecule has 0 aliphatic carbocycles. The number of furan rings is 2. The molecule has 228 valence electrons. The normalized spacial score (nSPS) is 15.7. The summed E-state index contributed by atoms with van der Waals surface area (Å²) in [5.74, 6) is 2.27. The number of nitrogens with one attached hydrogen (secondary N) is 2. The Hall–Kier alpha value is -6.40. The summed E-state index contributed by atoms with van der Waals surface area (Å²) in [7, 11) is 0. The predicted molar refractivity (Wildman–Crippen MR) is 194 cm³/mol. The molecule has 6 aromatic carbocycles. The van der Waals surface area contributed by atoms with Crippen LogP contribution in [-0.2, 0) is 6.54 Å². The lowest BCUT2D eigenvalue weighted by molar-refractivity contribution is 0.592. The van der Waals surface area contributed by atoms with Gasteiger partial charge in [-0.05, 0) is 46.7 Å². The van der Waals surface area contributed by atoms with Crippen molar-refractivity contribution in [1.82, 2.24) is 10.6 Å². The molecule has 0 saturated heterocycles. The molecule has 6 nitrogen and oxygen atoms in total. The Labute approximate surface area is 275 Å². The van der Waals surface area contributed by atoms with Crippen molar-refractivity contribution in [3.8, 4) is 11.1 Å². The van der Waals surface area contributed by atoms with Gasteiger partial charge in [0.15, 0.2) is 5.84 Å². The van der Waals surface area contributed by atoms with Crippen LogP contribution >= 0.6 is 0 Å². The maximum absolute atomic E-state index is 6.73. The van der Waals surface area contributed by atoms with Crippen molar-refractivity contribution in [1.29, 1.82) is 0 Å². The summed E-state index contributed by atoms with van der Waals surface area (Å²) in [5.41, 5.74) is 8.52. The Morgan fingerprint density at radius 1 is 0.646 bits per heavy atom. The summed E-state index contributed by atoms with van der Waals surface area (Å²) < 4.78 is 13.4. The monoisotopic (exact) mass is 620 g/mol. The highest BCUT2D eigenvalue weighted by atomic mass is 16.3. The second kappa shape index (κ2) is 10.6. The second-order valence-corrected chi connectivity index (χ2v) is 12.2. The van der Waals surface area contributed by atoms with Crippen molar-refractivity contribution in [2.45, 2.75) is 12.7 Å². The van der Waals surface area contributed by atoms with E-state index >= 15 is 0 Å². The minimum Gasteiger partial charge on any atom is -0.456 e. The van der Waals surface area contributed by atoms with Crippen LogP contribution in [0.25, 0.3) is 60.9 Å². The van der Waals surface area contributed by atoms with Crippen LogP contribution in [0.4, 0.5) is 0 Å². The summed E-state index contributed by atoms with van der Waals surface area (Å²) in [6, 6.07) is 43.9. The molecule has 0 radical (unpaired) electrons. The fraction of sp³-hybridized carbons (Fsp3) is 0.0476. The van der Waals surface area contributed by atoms with Crippen LogP contribution in [0.2, 0.25) is 0 Å². The van der Waals surface area contributed by atoms with E-state index in [0.29, 0.717) is 12.4 Å². The zero-order chi connectivity index (χ0) is 31.6. The Bertz CT molecular complexity index is 2650. The molecule has 4 heterocycles. The van der Waals surface area contributed by atoms with Crippen LogP contribution in [0.15, 0.2) is 152 Å². The highest BCUT2D eigenvalue weighted by Gasteiger charge is 2.27. The first-order chi connectivity index (χ1) is 23.8. The zero-order valence-electron chi connectivity index (χ0n) is 25.8. The Kier molecular flexibility index (Phi) is 5.90. The van der Waals surface area contributed by atoms with E-state index in [4.69, 9.17) is 18.8 Å². The molecule has 0 fully saturated rings. The highest BCUT2D eigenvalue weighted by molar-refractivity contribution is 6.20. The minimum absolute atomic E-state index is 0.302. The van der Waals surface area contributed by atoms with Crippen molar-refractivity contribution < 1.29 is 8.83 Å². The largest absolute Gasteiger partial charge is 0.456 e. The number of fused-ring (bicyclic) bond motifs is 7. The Morgan fingerprint density at radius 2 is 1.40 bits per heavy atom. The average Bonchev–Trinajstić information content (AvgIpc) is 3.73. The third kappa shape index (κ3) is 4.19. The van der Waals surface area contributed by atoms with Gasteiger partial charge >= 0.3 is 0 Å². The van der Waals surface area contributed by atoms with E-state index in [1.807, 2.05) is 48.7 Å². The molecular formula is C42H28N4O2. The molecule has 2 aromatic heterocycles. The molecule has 2 aliphatic rings. The van der Waals surface area contributed by atoms with Gasteiger partial charge in [-0.25, -0.2) is 9.98 Å². The van der Waals surface area contributed by atoms with E-state index in [2.05, 4.69) is 102 Å². The molecule has 48 heavy (non-hydrogen) atoms. The van der Waals surface area contributed by atoms with Gasteiger partial charge in [0, 0.05) is 56.7 Å². The molecule has 10 rings (SSSR count). The quantitative estimate of drug-likeness (QED) is 0.205. The molecule has 6 heteroatoms. The summed E-state index contributed by atoms with van der Waals surface area (Å²) in [4.78, 5) is 10.3. The lowest BCUT2D eigenvalue weighted by atomic mass is 9.95. The van der Waals surface area contributed by atoms with Crippen LogP contribution in [0, 0.1) is 0 Å². The van der Waals surface area contributed by atoms with E-state index in [9.17, 15) is 0 Å². The van der Waals surface area contributed by atoms with Gasteiger partial charge in [0.25, 0.3) is 0 Å². The van der Waals surface area contributed by atoms with Gasteiger partial charge in [0.1, 0.15) is 34.5 Å². The van der Waals surface area contributed by atoms with Gasteiger partial charge in [0.05, 0.1) is 0 Å². The highest BCUT2D eigenvalue weighted by Crippen LogP contribution is 2.43. The number of hydrogen-bond acceptors (Lipinski definition) is 6. The minimum atomic E-state index is -0.302. The van der Waals surface area contributed by atoms with Crippen molar-refractivity contribution in [2.24, 2.45) is 9.98 Å². The summed E-state index contributed by atoms with van der Waals surface area (Å²) in [5, 5.41) is 12.5. The van der Waals surface area contributed by atoms with Crippen LogP contribution in [0.5, 0.6) is 0 Å². The van der Waals surface area contributed by atoms with Crippen molar-refractivity contribution in [2.75, 3.05) is 0 Å². The molecule has 8 aromatic rings. The van der Waals surface area contributed by atoms with Crippen LogP contribution < -0.4 is 10.6 Å². The van der Waals surface area contributed by atoms with Crippen LogP contribution in [0.3, 0.4) is 0 Å². The number of nitrogens with zero attached hydrogens (tertiary/aromatic N) is 2. The summed E-state index contributed by atoms with van der Waals surface area (Å²) in [6.07, 6.45) is 3.63. The van der Waals surface area contributed by atoms with Gasteiger partial charge in [0.2, 0.25) is 0 Å². The lowest BCUT2D eigenvalue weighted by Gasteiger charge is -2.24. The van der Waals surface area contributed by atoms with Gasteiger partial charge < -0.3 is 19.5 Å². The van der Waals surface area contributed by atoms with E-state index in [0.717, 1.165) is 83.3 Å². The van der Waals surface area contributed by atoms with E-state index in [-0.39, 0.29) is 6.17 Å². The smallest absolute Gasteiger partial charge is 0.160 e. The molecule has 0 amide bonds. The second-order valence-electron chi connectivity index (χ2n) is 12.2. The Morgan fingerprint density at radius 3 is 2.25 bits per heavy atom. The van der Waals surface area contributed by atoms with E-state index in [1.54, 1.807) is 0 Å². The SMILES string of the molecule is C1=Cc2oc3c(-c4cccc5c4oc4cc6ccccc6cc45)ccc(C4=NC(c5ccccc5)NC(c5ccccc5)=N4)c3c2CN1. The standard InChI is InChI=1S/C42H28N4O2/c1-3-10-25(11-4-1)40-44-41(26-12-5-2-6-13-26)46-42(45-40)32-19-18-31(39-37(32)34-24-43-21-20-35(34)47-39)29-16-9-17-30-33-22-27-14-7-8-15-28(27)23-36(33)48-38(29)30/h1-23,40,43H,24H2,(H,44,45,46). The third-order valence-corrected chi connectivity index (χ3v) is 9.40. The molecular weight excluding hydrogens is 592 g/mol. The first kappa shape index (κ1) is 26.8. The van der Waals surface area contributed by atoms with Gasteiger partial charge in [-0.2, -0.15) is 0 Å². The number of aliphatic imine (C=N–C) groups is 2. The first-order valence-electron chi connectivity index (χ1n) is 16.1. The average molecular weight is 621 g/mol. The summed E-state index contributed by atoms with van der Waals surface area (Å²) >= 11 is 0. The van der Waals surface area contributed by atoms with Crippen LogP contribution in [-0.4, -0.2) is 11.7 Å². The molecule has 2 aliphatic heterocycles. The first-order valence-corrected chi connectivity index (χ1v) is 16.1. The molecule has 0 spiro atoms. The predicted octanol–water partition coefficient (Wildman–Crippen LogP) is 9.72. The number of para-hydroxylation sites is 1. The van der Waals surface area contributed by atoms with Crippen molar-refractivity contribution >= 4 is 61.4 Å². The molecule has 0 bridgehead atoms. The fourth-order valence-electron chi connectivity index (χ4n) is 7.10. The molecule has 2 N–H and O–H groups in total. The fourth-order valence-corrected chi connectivity index (χ4v) is 7.10. The van der Waals surface area contributed by atoms with Gasteiger partial charge in [-0.3, -0.25) is 0 Å². The number of rotatable bonds is 4. The number of benzene rings is 6. The van der Waals surface area contributed by atoms with Gasteiger partial charge in [-0.15, -0.1) is 0 Å². The molecule has 1 atom stereocenters. The van der Waals surface area contributed by atoms with Crippen molar-refractivity contribution in [3.05, 3.63) is 162 Å². The number of amidine groups is 2. The summed E-state index contributed by atoms with van der Waals surface area (Å²) in [6.45, 7) is 0.639. The Balaban J connectivity index is 1.21. The van der Waals surface area contributed by atoms with Crippen molar-refractivity contribution in [3.63, 3.8) is 0 Å². The number of hydrogen-bond donors (Lipinski definition) is 2. The molecule has 1 unspecified atom stereocenters. The third-order valence-electron chi connectivity index (χ3n) is 9.40. The lowest BCUT2D eigenvalue weighted by Crippen LogP contribution is -2.33. The van der Waals surface area contributed by atoms with Gasteiger partial charge in [-0.1, -0.05) is 103 Å². The maximum atomic E-state index is 6.73. The topological polar surface area (TPSA) is 75.1 Å². The molecule has 0 saturated carbocycles. The maximum Gasteiger partial charge on any atom is 0.160 e. The van der Waals surface area contributed by atoms with E-state index in [1.165, 1.54) is 5.39 Å². The van der Waals surface area contributed by atoms with E-state index < -0.39 is 0 Å². The van der Waals surface area contributed by atoms with Crippen LogP contribution in [0.1, 0.15) is 34.2 Å².